The highest BCUT2D eigenvalue weighted by Gasteiger charge is 2.19. The molecule has 1 atom stereocenters. The summed E-state index contributed by atoms with van der Waals surface area (Å²) >= 11 is 0. The Morgan fingerprint density at radius 1 is 1.40 bits per heavy atom. The third-order valence-corrected chi connectivity index (χ3v) is 3.17. The standard InChI is InChI=1S/C14H16N2O4/c1-9(14(18)19)8-16(2)13(17)7-11-10-5-3-4-6-12(10)20-15-11/h3-6,9H,7-8H2,1-2H3,(H,18,19). The first-order chi connectivity index (χ1) is 9.49. The van der Waals surface area contributed by atoms with Crippen LogP contribution in [-0.4, -0.2) is 40.6 Å². The van der Waals surface area contributed by atoms with Crippen LogP contribution in [0.4, 0.5) is 0 Å². The number of hydrogen-bond acceptors (Lipinski definition) is 4. The molecule has 0 saturated carbocycles. The summed E-state index contributed by atoms with van der Waals surface area (Å²) in [6, 6.07) is 7.31. The van der Waals surface area contributed by atoms with E-state index in [0.29, 0.717) is 11.3 Å². The number of carboxylic acids is 1. The Balaban J connectivity index is 2.06. The molecule has 6 heteroatoms. The second kappa shape index (κ2) is 5.73. The summed E-state index contributed by atoms with van der Waals surface area (Å²) in [5, 5.41) is 13.5. The summed E-state index contributed by atoms with van der Waals surface area (Å²) in [4.78, 5) is 24.3. The van der Waals surface area contributed by atoms with Gasteiger partial charge in [-0.25, -0.2) is 0 Å². The fourth-order valence-electron chi connectivity index (χ4n) is 1.93. The van der Waals surface area contributed by atoms with E-state index in [4.69, 9.17) is 9.63 Å². The van der Waals surface area contributed by atoms with Crippen LogP contribution in [0.15, 0.2) is 28.8 Å². The van der Waals surface area contributed by atoms with Crippen molar-refractivity contribution in [2.24, 2.45) is 5.92 Å². The van der Waals surface area contributed by atoms with E-state index < -0.39 is 11.9 Å². The number of carbonyl (C=O) groups excluding carboxylic acids is 1. The topological polar surface area (TPSA) is 83.6 Å². The number of aromatic nitrogens is 1. The lowest BCUT2D eigenvalue weighted by Crippen LogP contribution is -2.34. The van der Waals surface area contributed by atoms with E-state index >= 15 is 0 Å². The molecule has 1 amide bonds. The van der Waals surface area contributed by atoms with Gasteiger partial charge in [0, 0.05) is 19.0 Å². The van der Waals surface area contributed by atoms with Crippen LogP contribution in [0.2, 0.25) is 0 Å². The Kier molecular flexibility index (Phi) is 4.02. The molecule has 1 aromatic heterocycles. The SMILES string of the molecule is CC(CN(C)C(=O)Cc1noc2ccccc12)C(=O)O. The molecule has 1 aromatic carbocycles. The van der Waals surface area contributed by atoms with Crippen molar-refractivity contribution in [2.45, 2.75) is 13.3 Å². The van der Waals surface area contributed by atoms with Crippen molar-refractivity contribution >= 4 is 22.8 Å². The van der Waals surface area contributed by atoms with Crippen molar-refractivity contribution in [1.82, 2.24) is 10.1 Å². The number of hydrogen-bond donors (Lipinski definition) is 1. The fourth-order valence-corrected chi connectivity index (χ4v) is 1.93. The van der Waals surface area contributed by atoms with Crippen LogP contribution >= 0.6 is 0 Å². The lowest BCUT2D eigenvalue weighted by atomic mass is 10.1. The summed E-state index contributed by atoms with van der Waals surface area (Å²) in [6.45, 7) is 1.74. The van der Waals surface area contributed by atoms with Gasteiger partial charge >= 0.3 is 5.97 Å². The van der Waals surface area contributed by atoms with Gasteiger partial charge < -0.3 is 14.5 Å². The van der Waals surface area contributed by atoms with Gasteiger partial charge in [-0.15, -0.1) is 0 Å². The quantitative estimate of drug-likeness (QED) is 0.895. The molecule has 1 N–H and O–H groups in total. The second-order valence-electron chi connectivity index (χ2n) is 4.82. The maximum Gasteiger partial charge on any atom is 0.308 e. The number of amides is 1. The van der Waals surface area contributed by atoms with Gasteiger partial charge in [0.25, 0.3) is 0 Å². The lowest BCUT2D eigenvalue weighted by Gasteiger charge is -2.18. The molecule has 0 aliphatic carbocycles. The zero-order chi connectivity index (χ0) is 14.7. The molecule has 2 rings (SSSR count). The Morgan fingerprint density at radius 3 is 2.80 bits per heavy atom. The van der Waals surface area contributed by atoms with E-state index in [2.05, 4.69) is 5.16 Å². The van der Waals surface area contributed by atoms with E-state index in [1.807, 2.05) is 18.2 Å². The van der Waals surface area contributed by atoms with Gasteiger partial charge in [-0.1, -0.05) is 24.2 Å². The van der Waals surface area contributed by atoms with Crippen LogP contribution in [0, 0.1) is 5.92 Å². The van der Waals surface area contributed by atoms with Gasteiger partial charge in [0.05, 0.1) is 12.3 Å². The van der Waals surface area contributed by atoms with Gasteiger partial charge in [-0.05, 0) is 12.1 Å². The normalized spacial score (nSPS) is 12.3. The molecule has 0 fully saturated rings. The maximum absolute atomic E-state index is 12.1. The Labute approximate surface area is 116 Å². The smallest absolute Gasteiger partial charge is 0.308 e. The first-order valence-corrected chi connectivity index (χ1v) is 6.29. The van der Waals surface area contributed by atoms with Crippen molar-refractivity contribution in [2.75, 3.05) is 13.6 Å². The highest BCUT2D eigenvalue weighted by Crippen LogP contribution is 2.18. The molecule has 0 radical (unpaired) electrons. The first-order valence-electron chi connectivity index (χ1n) is 6.29. The van der Waals surface area contributed by atoms with Crippen LogP contribution in [0.25, 0.3) is 11.0 Å². The number of carboxylic acid groups (broad SMARTS) is 1. The third kappa shape index (κ3) is 2.96. The van der Waals surface area contributed by atoms with Crippen molar-refractivity contribution in [3.05, 3.63) is 30.0 Å². The minimum absolute atomic E-state index is 0.0971. The zero-order valence-electron chi connectivity index (χ0n) is 11.4. The molecular weight excluding hydrogens is 260 g/mol. The van der Waals surface area contributed by atoms with Crippen molar-refractivity contribution in [3.8, 4) is 0 Å². The Hall–Kier alpha value is -2.37. The molecule has 1 unspecified atom stereocenters. The number of fused-ring (bicyclic) bond motifs is 1. The molecule has 0 bridgehead atoms. The lowest BCUT2D eigenvalue weighted by molar-refractivity contribution is -0.142. The molecule has 106 valence electrons. The minimum atomic E-state index is -0.920. The monoisotopic (exact) mass is 276 g/mol. The van der Waals surface area contributed by atoms with Crippen LogP contribution in [-0.2, 0) is 16.0 Å². The van der Waals surface area contributed by atoms with Gasteiger partial charge in [0.2, 0.25) is 5.91 Å². The molecule has 1 heterocycles. The van der Waals surface area contributed by atoms with Gasteiger partial charge in [-0.3, -0.25) is 9.59 Å². The van der Waals surface area contributed by atoms with E-state index in [1.54, 1.807) is 20.0 Å². The number of benzene rings is 1. The zero-order valence-corrected chi connectivity index (χ0v) is 11.4. The van der Waals surface area contributed by atoms with Crippen LogP contribution in [0.5, 0.6) is 0 Å². The summed E-state index contributed by atoms with van der Waals surface area (Å²) < 4.78 is 5.13. The molecule has 2 aromatic rings. The van der Waals surface area contributed by atoms with E-state index in [9.17, 15) is 9.59 Å². The average Bonchev–Trinajstić information content (AvgIpc) is 2.82. The first kappa shape index (κ1) is 14.0. The van der Waals surface area contributed by atoms with Crippen molar-refractivity contribution in [3.63, 3.8) is 0 Å². The van der Waals surface area contributed by atoms with Crippen molar-refractivity contribution in [1.29, 1.82) is 0 Å². The van der Waals surface area contributed by atoms with E-state index in [0.717, 1.165) is 5.39 Å². The molecular formula is C14H16N2O4. The molecule has 20 heavy (non-hydrogen) atoms. The summed E-state index contributed by atoms with van der Waals surface area (Å²) in [7, 11) is 1.59. The highest BCUT2D eigenvalue weighted by atomic mass is 16.5. The van der Waals surface area contributed by atoms with Crippen LogP contribution in [0.1, 0.15) is 12.6 Å². The highest BCUT2D eigenvalue weighted by molar-refractivity contribution is 5.86. The van der Waals surface area contributed by atoms with Gasteiger partial charge in [-0.2, -0.15) is 0 Å². The number of rotatable bonds is 5. The molecule has 0 aliphatic rings. The third-order valence-electron chi connectivity index (χ3n) is 3.17. The van der Waals surface area contributed by atoms with Crippen LogP contribution < -0.4 is 0 Å². The molecule has 0 aliphatic heterocycles. The average molecular weight is 276 g/mol. The predicted octanol–water partition coefficient (Wildman–Crippen LogP) is 1.55. The molecule has 0 saturated heterocycles. The Morgan fingerprint density at radius 2 is 2.10 bits per heavy atom. The summed E-state index contributed by atoms with van der Waals surface area (Å²) in [6.07, 6.45) is 0.0971. The minimum Gasteiger partial charge on any atom is -0.481 e. The van der Waals surface area contributed by atoms with Crippen molar-refractivity contribution < 1.29 is 19.2 Å². The van der Waals surface area contributed by atoms with E-state index in [1.165, 1.54) is 4.90 Å². The number of likely N-dealkylation sites (N-methyl/N-ethyl adjacent to an activating group) is 1. The fraction of sp³-hybridized carbons (Fsp3) is 0.357. The maximum atomic E-state index is 12.1. The number of nitrogens with zero attached hydrogens (tertiary/aromatic N) is 2. The number of aliphatic carboxylic acids is 1. The van der Waals surface area contributed by atoms with Gasteiger partial charge in [0.15, 0.2) is 5.58 Å². The van der Waals surface area contributed by atoms with E-state index in [-0.39, 0.29) is 18.9 Å². The van der Waals surface area contributed by atoms with Crippen LogP contribution in [0.3, 0.4) is 0 Å². The predicted molar refractivity (Wildman–Crippen MR) is 72.1 cm³/mol. The molecule has 0 spiro atoms. The number of carbonyl (C=O) groups is 2. The van der Waals surface area contributed by atoms with Gasteiger partial charge in [0.1, 0.15) is 5.69 Å². The second-order valence-corrected chi connectivity index (χ2v) is 4.82. The number of para-hydroxylation sites is 1. The Bertz CT molecular complexity index is 635. The largest absolute Gasteiger partial charge is 0.481 e. The summed E-state index contributed by atoms with van der Waals surface area (Å²) in [5.74, 6) is -1.70. The summed E-state index contributed by atoms with van der Waals surface area (Å²) in [5.41, 5.74) is 1.21. The molecule has 6 nitrogen and oxygen atoms in total.